The summed E-state index contributed by atoms with van der Waals surface area (Å²) >= 11 is 0. The fraction of sp³-hybridized carbons (Fsp3) is 0.770. The van der Waals surface area contributed by atoms with Crippen molar-refractivity contribution >= 4 is 46.8 Å². The van der Waals surface area contributed by atoms with Crippen molar-refractivity contribution in [3.63, 3.8) is 0 Å². The summed E-state index contributed by atoms with van der Waals surface area (Å²) in [5, 5.41) is 21.8. The van der Waals surface area contributed by atoms with Crippen LogP contribution in [0.15, 0.2) is 69.9 Å². The van der Waals surface area contributed by atoms with Crippen molar-refractivity contribution in [1.29, 1.82) is 0 Å². The maximum absolute atomic E-state index is 14.6. The summed E-state index contributed by atoms with van der Waals surface area (Å²) in [6, 6.07) is 0. The highest BCUT2D eigenvalue weighted by Crippen LogP contribution is 2.80. The second-order valence-electron chi connectivity index (χ2n) is 45.6. The molecule has 120 heavy (non-hydrogen) atoms. The maximum atomic E-state index is 14.6. The lowest BCUT2D eigenvalue weighted by Gasteiger charge is -2.69. The Bertz CT molecular complexity index is 4650. The van der Waals surface area contributed by atoms with Crippen molar-refractivity contribution in [1.82, 2.24) is 0 Å². The Kier molecular flexibility index (Phi) is 22.7. The van der Waals surface area contributed by atoms with Crippen LogP contribution in [-0.2, 0) is 71.5 Å². The monoisotopic (exact) mass is 1650 g/mol. The summed E-state index contributed by atoms with van der Waals surface area (Å²) in [6.07, 6.45) is 26.6. The van der Waals surface area contributed by atoms with E-state index < -0.39 is 48.7 Å². The largest absolute Gasteiger partial charge is 0.523 e. The molecule has 9 fully saturated rings. The lowest BCUT2D eigenvalue weighted by Crippen LogP contribution is -2.66. The van der Waals surface area contributed by atoms with Crippen LogP contribution < -0.4 is 0 Å². The molecule has 0 radical (unpaired) electrons. The van der Waals surface area contributed by atoms with Crippen molar-refractivity contribution in [2.45, 2.75) is 266 Å². The first-order valence-electron chi connectivity index (χ1n) is 44.7. The quantitative estimate of drug-likeness (QED) is 0.0605. The van der Waals surface area contributed by atoms with Crippen molar-refractivity contribution < 1.29 is 81.7 Å². The molecule has 0 saturated heterocycles. The number of ether oxygens (including phenoxy) is 7. The molecule has 0 aliphatic heterocycles. The van der Waals surface area contributed by atoms with Gasteiger partial charge >= 0.3 is 17.9 Å². The average molecular weight is 1660 g/mol. The Balaban J connectivity index is 0.000000156. The van der Waals surface area contributed by atoms with Gasteiger partial charge in [0.2, 0.25) is 17.1 Å². The number of rotatable bonds is 12. The highest BCUT2D eigenvalue weighted by Gasteiger charge is 2.76. The summed E-state index contributed by atoms with van der Waals surface area (Å²) in [5.74, 6) is -1.95. The van der Waals surface area contributed by atoms with Gasteiger partial charge in [0.15, 0.2) is 28.9 Å². The van der Waals surface area contributed by atoms with E-state index >= 15 is 0 Å². The fourth-order valence-corrected chi connectivity index (χ4v) is 31.4. The highest BCUT2D eigenvalue weighted by molar-refractivity contribution is 6.05. The molecule has 2 N–H and O–H groups in total. The fourth-order valence-electron chi connectivity index (χ4n) is 31.4. The van der Waals surface area contributed by atoms with E-state index in [-0.39, 0.29) is 199 Å². The number of aliphatic hydroxyl groups is 2. The lowest BCUT2D eigenvalue weighted by molar-refractivity contribution is -0.193. The Morgan fingerprint density at radius 2 is 0.733 bits per heavy atom. The number of aliphatic hydroxyl groups excluding tert-OH is 2. The molecule has 0 aromatic heterocycles. The average Bonchev–Trinajstić information content (AvgIpc) is 0.676. The third kappa shape index (κ3) is 12.5. The lowest BCUT2D eigenvalue weighted by atomic mass is 9.34. The van der Waals surface area contributed by atoms with Gasteiger partial charge in [-0.2, -0.15) is 0 Å². The van der Waals surface area contributed by atoms with Gasteiger partial charge in [-0.3, -0.25) is 28.8 Å². The van der Waals surface area contributed by atoms with Gasteiger partial charge in [-0.05, 0) is 249 Å². The van der Waals surface area contributed by atoms with Gasteiger partial charge < -0.3 is 53.0 Å². The normalized spacial score (nSPS) is 45.6. The molecule has 0 unspecified atom stereocenters. The summed E-state index contributed by atoms with van der Waals surface area (Å²) in [4.78, 5) is 122. The Morgan fingerprint density at radius 3 is 1.07 bits per heavy atom. The van der Waals surface area contributed by atoms with E-state index in [1.807, 2.05) is 38.2 Å². The SMILES string of the molecule is [C-]#[N+]C1=C(O)[C@](C)(COCOC)[C@@H]2CC[C@]3(C)C(=CC(=O)[C@@H]4[C@@H]5CC(C)(C)CC[C@]5(C(=O)OC)CC[C@]43C)[C@@]2(C)C1.[C-]#[N+]C1=C[C@]2(C)C3=CC(=O)[C@@H]4[C@@H]5CC(C)(C)CC[C@]5(C(=O)OC)CC[C@@]4(C)[C@]3(C)CC[C@H]2[C@@](C)(CO)C1=O.[C-]#[N+]C1=C[C@]2(C)C3=CC(=O)[C@@H]4[C@@H]5CC(C)(C)CC[C@]5(C(=O)OC)CC[C@@]4(C)[C@]3(C)CC[C@H]2[C@@](C)(COCOC)C1=O. The molecule has 0 bridgehead atoms. The summed E-state index contributed by atoms with van der Waals surface area (Å²) < 4.78 is 38.1. The number of carbonyl (C=O) groups is 8. The topological polar surface area (TPSA) is 255 Å². The molecule has 20 nitrogen and oxygen atoms in total. The van der Waals surface area contributed by atoms with Gasteiger partial charge in [-0.25, -0.2) is 14.5 Å². The van der Waals surface area contributed by atoms with E-state index in [0.29, 0.717) is 25.0 Å². The third-order valence-corrected chi connectivity index (χ3v) is 38.6. The number of hydrogen-bond donors (Lipinski definition) is 2. The number of esters is 3. The maximum Gasteiger partial charge on any atom is 0.312 e. The molecule has 24 atom stereocenters. The number of carbonyl (C=O) groups excluding carboxylic acids is 8. The number of allylic oxidation sites excluding steroid dienone is 11. The Hall–Kier alpha value is -6.73. The molecule has 9 saturated carbocycles. The van der Waals surface area contributed by atoms with E-state index in [2.05, 4.69) is 118 Å². The molecular formula is C100H139N3O17. The first-order valence-corrected chi connectivity index (χ1v) is 44.7. The zero-order valence-corrected chi connectivity index (χ0v) is 76.5. The molecule has 0 aromatic rings. The predicted octanol–water partition coefficient (Wildman–Crippen LogP) is 19.1. The first-order chi connectivity index (χ1) is 55.8. The zero-order chi connectivity index (χ0) is 88.6. The summed E-state index contributed by atoms with van der Waals surface area (Å²) in [6.45, 7) is 63.2. The molecule has 0 amide bonds. The molecule has 656 valence electrons. The molecule has 15 rings (SSSR count). The minimum atomic E-state index is -1.06. The number of methoxy groups -OCH3 is 5. The molecule has 0 aromatic carbocycles. The summed E-state index contributed by atoms with van der Waals surface area (Å²) in [7, 11) is 7.55. The van der Waals surface area contributed by atoms with E-state index in [1.165, 1.54) is 21.3 Å². The van der Waals surface area contributed by atoms with Crippen molar-refractivity contribution in [2.24, 2.45) is 151 Å². The van der Waals surface area contributed by atoms with Gasteiger partial charge in [0.1, 0.15) is 19.3 Å². The van der Waals surface area contributed by atoms with Crippen LogP contribution in [0, 0.1) is 170 Å². The number of ketones is 5. The van der Waals surface area contributed by atoms with Crippen molar-refractivity contribution in [2.75, 3.05) is 69.0 Å². The van der Waals surface area contributed by atoms with Crippen LogP contribution in [-0.4, -0.2) is 126 Å². The summed E-state index contributed by atoms with van der Waals surface area (Å²) in [5.41, 5.74) is -4.64. The van der Waals surface area contributed by atoms with Gasteiger partial charge in [0.05, 0.1) is 77.1 Å². The second-order valence-corrected chi connectivity index (χ2v) is 45.6. The third-order valence-electron chi connectivity index (χ3n) is 38.6. The van der Waals surface area contributed by atoms with Crippen LogP contribution in [0.4, 0.5) is 0 Å². The second kappa shape index (κ2) is 30.0. The molecule has 20 heteroatoms. The minimum Gasteiger partial charge on any atom is -0.523 e. The highest BCUT2D eigenvalue weighted by atomic mass is 16.7. The molecule has 0 spiro atoms. The smallest absolute Gasteiger partial charge is 0.312 e. The van der Waals surface area contributed by atoms with Gasteiger partial charge in [-0.1, -0.05) is 153 Å². The van der Waals surface area contributed by atoms with E-state index in [9.17, 15) is 48.6 Å². The standard InChI is InChI=1S/C34H49NO6.C34H47NO6.C32H43NO5/c2*1-29(2)12-14-34(28(38)40-9)15-13-33(6)26(21(34)17-29)23(36)16-25-30(3)18-22(35-7)27(37)31(4,19-41-20-39-8)24(30)10-11-32(25,33)5;1-27(2)11-13-32(26(37)38-8)14-12-31(6)24(19(32)16-27)21(35)15-23-28(3)17-20(33-7)25(36)29(4,18-34)22(28)9-10-30(23,31)5/h16,21,24,26,37H,10-15,17-20H2,1-6,8-9H3;16,18,21,24,26H,10-15,17,19-20H2,1-6,8-9H3;15,17,19,22,24,34H,9-14,16,18H2,1-6,8H3/t2*21-,24+,26-,30-,31+,32+,33+,34-;19-,22+,24-,28-,29+,30+,31+,32-/m000/s1. The molecule has 15 aliphatic carbocycles. The zero-order valence-electron chi connectivity index (χ0n) is 76.5. The predicted molar refractivity (Wildman–Crippen MR) is 453 cm³/mol. The van der Waals surface area contributed by atoms with E-state index in [0.717, 1.165) is 139 Å². The van der Waals surface area contributed by atoms with E-state index in [4.69, 9.17) is 52.9 Å². The number of fused-ring (bicyclic) bond motifs is 21. The molecular weight excluding hydrogens is 1520 g/mol. The van der Waals surface area contributed by atoms with Gasteiger partial charge in [-0.15, -0.1) is 0 Å². The van der Waals surface area contributed by atoms with E-state index in [1.54, 1.807) is 27.2 Å². The Morgan fingerprint density at radius 1 is 0.417 bits per heavy atom. The van der Waals surface area contributed by atoms with Crippen LogP contribution >= 0.6 is 0 Å². The number of hydrogen-bond acceptors (Lipinski definition) is 17. The van der Waals surface area contributed by atoms with Gasteiger partial charge in [0, 0.05) is 59.0 Å². The molecule has 15 aliphatic rings. The van der Waals surface area contributed by atoms with Crippen LogP contribution in [0.2, 0.25) is 0 Å². The van der Waals surface area contributed by atoms with Crippen molar-refractivity contribution in [3.05, 3.63) is 104 Å². The Labute approximate surface area is 714 Å². The van der Waals surface area contributed by atoms with Gasteiger partial charge in [0.25, 0.3) is 0 Å². The van der Waals surface area contributed by atoms with Crippen molar-refractivity contribution in [3.8, 4) is 0 Å². The first kappa shape index (κ1) is 91.0. The van der Waals surface area contributed by atoms with Crippen LogP contribution in [0.25, 0.3) is 14.5 Å². The minimum absolute atomic E-state index is 0.00371. The van der Waals surface area contributed by atoms with Crippen LogP contribution in [0.3, 0.4) is 0 Å². The van der Waals surface area contributed by atoms with Crippen LogP contribution in [0.5, 0.6) is 0 Å². The number of nitrogens with zero attached hydrogens (tertiary/aromatic N) is 3. The molecule has 0 heterocycles. The van der Waals surface area contributed by atoms with Crippen LogP contribution in [0.1, 0.15) is 266 Å². The number of Topliss-reactive ketones (excluding diaryl/α,β-unsaturated/α-hetero) is 2.